The van der Waals surface area contributed by atoms with Gasteiger partial charge in [-0.2, -0.15) is 0 Å². The minimum Gasteiger partial charge on any atom is -0.496 e. The van der Waals surface area contributed by atoms with Crippen molar-refractivity contribution < 1.29 is 32.4 Å². The Kier molecular flexibility index (Phi) is 7.90. The first-order valence-electron chi connectivity index (χ1n) is 10.5. The first-order chi connectivity index (χ1) is 17.0. The molecule has 0 saturated heterocycles. The van der Waals surface area contributed by atoms with Gasteiger partial charge in [0.2, 0.25) is 0 Å². The SMILES string of the molecule is COc1ccc(NC(=O)COC(=O)c2cc(S(=O)(=O)Nc3cccc(C)c3)ccc2C)c([N+](=O)[O-])c1. The Morgan fingerprint density at radius 3 is 2.44 bits per heavy atom. The highest BCUT2D eigenvalue weighted by Gasteiger charge is 2.21. The number of nitro benzene ring substituents is 1. The van der Waals surface area contributed by atoms with E-state index in [1.165, 1.54) is 31.4 Å². The Morgan fingerprint density at radius 2 is 1.78 bits per heavy atom. The van der Waals surface area contributed by atoms with Crippen LogP contribution in [0.25, 0.3) is 0 Å². The van der Waals surface area contributed by atoms with Gasteiger partial charge in [-0.15, -0.1) is 0 Å². The number of ether oxygens (including phenoxy) is 2. The Labute approximate surface area is 207 Å². The molecule has 3 aromatic carbocycles. The maximum atomic E-state index is 12.8. The van der Waals surface area contributed by atoms with Gasteiger partial charge in [-0.1, -0.05) is 18.2 Å². The first kappa shape index (κ1) is 26.2. The van der Waals surface area contributed by atoms with Gasteiger partial charge in [0.1, 0.15) is 11.4 Å². The standard InChI is InChI=1S/C24H23N3O8S/c1-15-5-4-6-17(11-15)26-36(32,33)19-9-7-16(2)20(13-19)24(29)35-14-23(28)25-21-10-8-18(34-3)12-22(21)27(30)31/h4-13,26H,14H2,1-3H3,(H,25,28). The Hall–Kier alpha value is -4.45. The molecule has 0 bridgehead atoms. The summed E-state index contributed by atoms with van der Waals surface area (Å²) in [7, 11) is -2.66. The predicted molar refractivity (Wildman–Crippen MR) is 132 cm³/mol. The molecule has 0 radical (unpaired) electrons. The summed E-state index contributed by atoms with van der Waals surface area (Å²) >= 11 is 0. The first-order valence-corrected chi connectivity index (χ1v) is 12.0. The van der Waals surface area contributed by atoms with E-state index in [9.17, 15) is 28.1 Å². The summed E-state index contributed by atoms with van der Waals surface area (Å²) in [4.78, 5) is 35.3. The van der Waals surface area contributed by atoms with Crippen molar-refractivity contribution in [1.29, 1.82) is 0 Å². The number of benzene rings is 3. The van der Waals surface area contributed by atoms with Crippen LogP contribution >= 0.6 is 0 Å². The molecule has 188 valence electrons. The fourth-order valence-corrected chi connectivity index (χ4v) is 4.28. The highest BCUT2D eigenvalue weighted by molar-refractivity contribution is 7.92. The zero-order valence-corrected chi connectivity index (χ0v) is 20.4. The minimum absolute atomic E-state index is 0.0506. The molecule has 11 nitrogen and oxygen atoms in total. The maximum absolute atomic E-state index is 12.8. The van der Waals surface area contributed by atoms with Crippen LogP contribution in [0, 0.1) is 24.0 Å². The molecule has 0 unspecified atom stereocenters. The molecule has 0 spiro atoms. The van der Waals surface area contributed by atoms with E-state index in [0.717, 1.165) is 17.7 Å². The molecule has 0 atom stereocenters. The molecule has 3 aromatic rings. The number of amides is 1. The average molecular weight is 514 g/mol. The van der Waals surface area contributed by atoms with Crippen molar-refractivity contribution in [2.24, 2.45) is 0 Å². The second-order valence-corrected chi connectivity index (χ2v) is 9.40. The Morgan fingerprint density at radius 1 is 1.03 bits per heavy atom. The van der Waals surface area contributed by atoms with Gasteiger partial charge in [0.15, 0.2) is 6.61 Å². The van der Waals surface area contributed by atoms with Crippen LogP contribution < -0.4 is 14.8 Å². The molecule has 0 fully saturated rings. The summed E-state index contributed by atoms with van der Waals surface area (Å²) in [6.07, 6.45) is 0. The summed E-state index contributed by atoms with van der Waals surface area (Å²) in [5.74, 6) is -1.52. The third-order valence-corrected chi connectivity index (χ3v) is 6.40. The number of rotatable bonds is 9. The molecule has 3 rings (SSSR count). The van der Waals surface area contributed by atoms with Crippen molar-refractivity contribution in [3.05, 3.63) is 87.5 Å². The number of carbonyl (C=O) groups excluding carboxylic acids is 2. The number of anilines is 2. The highest BCUT2D eigenvalue weighted by atomic mass is 32.2. The van der Waals surface area contributed by atoms with Crippen molar-refractivity contribution in [2.45, 2.75) is 18.7 Å². The summed E-state index contributed by atoms with van der Waals surface area (Å²) in [6, 6.07) is 14.6. The predicted octanol–water partition coefficient (Wildman–Crippen LogP) is 3.82. The van der Waals surface area contributed by atoms with Crippen LogP contribution in [0.3, 0.4) is 0 Å². The topological polar surface area (TPSA) is 154 Å². The van der Waals surface area contributed by atoms with Crippen LogP contribution in [-0.4, -0.2) is 38.9 Å². The quantitative estimate of drug-likeness (QED) is 0.249. The Balaban J connectivity index is 1.71. The third-order valence-electron chi connectivity index (χ3n) is 5.02. The molecule has 12 heteroatoms. The number of nitrogens with one attached hydrogen (secondary N) is 2. The molecule has 0 aliphatic carbocycles. The van der Waals surface area contributed by atoms with Crippen LogP contribution in [0.15, 0.2) is 65.6 Å². The van der Waals surface area contributed by atoms with Crippen molar-refractivity contribution in [1.82, 2.24) is 0 Å². The van der Waals surface area contributed by atoms with E-state index >= 15 is 0 Å². The molecule has 0 heterocycles. The monoisotopic (exact) mass is 513 g/mol. The lowest BCUT2D eigenvalue weighted by Crippen LogP contribution is -2.22. The number of hydrogen-bond donors (Lipinski definition) is 2. The van der Waals surface area contributed by atoms with Crippen LogP contribution in [-0.2, 0) is 19.6 Å². The van der Waals surface area contributed by atoms with E-state index in [1.54, 1.807) is 25.1 Å². The summed E-state index contributed by atoms with van der Waals surface area (Å²) in [5, 5.41) is 13.6. The Bertz CT molecular complexity index is 1440. The van der Waals surface area contributed by atoms with Gasteiger partial charge in [-0.3, -0.25) is 19.6 Å². The van der Waals surface area contributed by atoms with Gasteiger partial charge in [0.05, 0.1) is 28.6 Å². The number of carbonyl (C=O) groups is 2. The molecular weight excluding hydrogens is 490 g/mol. The van der Waals surface area contributed by atoms with Crippen LogP contribution in [0.5, 0.6) is 5.75 Å². The molecule has 0 aromatic heterocycles. The highest BCUT2D eigenvalue weighted by Crippen LogP contribution is 2.29. The number of esters is 1. The second kappa shape index (κ2) is 10.9. The largest absolute Gasteiger partial charge is 0.496 e. The fraction of sp³-hybridized carbons (Fsp3) is 0.167. The molecular formula is C24H23N3O8S. The van der Waals surface area contributed by atoms with Crippen molar-refractivity contribution in [3.63, 3.8) is 0 Å². The normalized spacial score (nSPS) is 10.9. The van der Waals surface area contributed by atoms with Crippen LogP contribution in [0.1, 0.15) is 21.5 Å². The van der Waals surface area contributed by atoms with Gasteiger partial charge < -0.3 is 14.8 Å². The van der Waals surface area contributed by atoms with Gasteiger partial charge in [-0.25, -0.2) is 13.2 Å². The van der Waals surface area contributed by atoms with Gasteiger partial charge >= 0.3 is 5.97 Å². The van der Waals surface area contributed by atoms with Gasteiger partial charge in [0.25, 0.3) is 21.6 Å². The average Bonchev–Trinajstić information content (AvgIpc) is 2.82. The molecule has 2 N–H and O–H groups in total. The van der Waals surface area contributed by atoms with E-state index in [2.05, 4.69) is 10.0 Å². The van der Waals surface area contributed by atoms with E-state index < -0.39 is 39.1 Å². The number of sulfonamides is 1. The number of nitrogens with zero attached hydrogens (tertiary/aromatic N) is 1. The second-order valence-electron chi connectivity index (χ2n) is 7.72. The van der Waals surface area contributed by atoms with E-state index in [0.29, 0.717) is 11.3 Å². The zero-order valence-electron chi connectivity index (χ0n) is 19.6. The molecule has 0 aliphatic heterocycles. The number of hydrogen-bond acceptors (Lipinski definition) is 8. The zero-order chi connectivity index (χ0) is 26.5. The van der Waals surface area contributed by atoms with E-state index in [1.807, 2.05) is 13.0 Å². The van der Waals surface area contributed by atoms with Crippen molar-refractivity contribution >= 4 is 39.0 Å². The fourth-order valence-electron chi connectivity index (χ4n) is 3.20. The van der Waals surface area contributed by atoms with E-state index in [4.69, 9.17) is 9.47 Å². The van der Waals surface area contributed by atoms with Crippen molar-refractivity contribution in [3.8, 4) is 5.75 Å². The maximum Gasteiger partial charge on any atom is 0.338 e. The number of aryl methyl sites for hydroxylation is 2. The molecule has 36 heavy (non-hydrogen) atoms. The van der Waals surface area contributed by atoms with Crippen molar-refractivity contribution in [2.75, 3.05) is 23.8 Å². The number of methoxy groups -OCH3 is 1. The summed E-state index contributed by atoms with van der Waals surface area (Å²) in [6.45, 7) is 2.66. The summed E-state index contributed by atoms with van der Waals surface area (Å²) in [5.41, 5.74) is 1.11. The lowest BCUT2D eigenvalue weighted by atomic mass is 10.1. The van der Waals surface area contributed by atoms with Gasteiger partial charge in [-0.05, 0) is 61.4 Å². The molecule has 0 saturated carbocycles. The van der Waals surface area contributed by atoms with Crippen LogP contribution in [0.2, 0.25) is 0 Å². The smallest absolute Gasteiger partial charge is 0.338 e. The number of nitro groups is 1. The van der Waals surface area contributed by atoms with Gasteiger partial charge in [0, 0.05) is 5.69 Å². The molecule has 0 aliphatic rings. The lowest BCUT2D eigenvalue weighted by Gasteiger charge is -2.12. The van der Waals surface area contributed by atoms with E-state index in [-0.39, 0.29) is 21.9 Å². The summed E-state index contributed by atoms with van der Waals surface area (Å²) < 4.78 is 38.0. The lowest BCUT2D eigenvalue weighted by molar-refractivity contribution is -0.384. The van der Waals surface area contributed by atoms with Crippen LogP contribution in [0.4, 0.5) is 17.1 Å². The third kappa shape index (κ3) is 6.36. The minimum atomic E-state index is -4.00. The molecule has 1 amide bonds.